The molecule has 1 aliphatic rings. The van der Waals surface area contributed by atoms with Crippen LogP contribution in [0.2, 0.25) is 0 Å². The smallest absolute Gasteiger partial charge is 0.238 e. The molecule has 28 heavy (non-hydrogen) atoms. The number of fused-ring (bicyclic) bond motifs is 1. The van der Waals surface area contributed by atoms with Crippen molar-refractivity contribution in [3.8, 4) is 0 Å². The van der Waals surface area contributed by atoms with E-state index in [0.717, 1.165) is 21.7 Å². The maximum absolute atomic E-state index is 13.4. The normalized spacial score (nSPS) is 18.2. The van der Waals surface area contributed by atoms with Crippen molar-refractivity contribution >= 4 is 28.8 Å². The third-order valence-corrected chi connectivity index (χ3v) is 6.22. The van der Waals surface area contributed by atoms with E-state index in [4.69, 9.17) is 0 Å². The Labute approximate surface area is 168 Å². The molecule has 142 valence electrons. The molecule has 3 aromatic rings. The lowest BCUT2D eigenvalue weighted by Crippen LogP contribution is -2.44. The first kappa shape index (κ1) is 18.4. The Kier molecular flexibility index (Phi) is 5.01. The number of nitrogens with zero attached hydrogens (tertiary/aromatic N) is 1. The number of hydrogen-bond acceptors (Lipinski definition) is 3. The lowest BCUT2D eigenvalue weighted by Gasteiger charge is -2.28. The third-order valence-electron chi connectivity index (χ3n) is 5.35. The van der Waals surface area contributed by atoms with Gasteiger partial charge in [0.1, 0.15) is 0 Å². The fourth-order valence-corrected chi connectivity index (χ4v) is 4.64. The van der Waals surface area contributed by atoms with Crippen LogP contribution in [0.15, 0.2) is 72.1 Å². The van der Waals surface area contributed by atoms with Gasteiger partial charge in [-0.05, 0) is 35.1 Å². The Morgan fingerprint density at radius 2 is 1.79 bits per heavy atom. The monoisotopic (exact) mass is 390 g/mol. The second-order valence-corrected chi connectivity index (χ2v) is 8.19. The van der Waals surface area contributed by atoms with E-state index >= 15 is 0 Å². The van der Waals surface area contributed by atoms with Gasteiger partial charge in [0, 0.05) is 24.0 Å². The van der Waals surface area contributed by atoms with Crippen molar-refractivity contribution in [3.05, 3.63) is 88.1 Å². The van der Waals surface area contributed by atoms with Gasteiger partial charge in [-0.3, -0.25) is 9.59 Å². The molecule has 1 aliphatic heterocycles. The molecule has 2 amide bonds. The fourth-order valence-electron chi connectivity index (χ4n) is 4.00. The van der Waals surface area contributed by atoms with Gasteiger partial charge in [-0.2, -0.15) is 0 Å². The zero-order valence-corrected chi connectivity index (χ0v) is 16.5. The van der Waals surface area contributed by atoms with Crippen LogP contribution in [0.1, 0.15) is 22.4 Å². The first-order valence-electron chi connectivity index (χ1n) is 9.31. The summed E-state index contributed by atoms with van der Waals surface area (Å²) in [5.41, 5.74) is 1.98. The minimum Gasteiger partial charge on any atom is -0.351 e. The standard InChI is InChI=1S/C23H22N2O2S/c1-25-20-12-6-5-11-19(20)23(22(25)27,14-17-8-3-2-4-9-17)15-21(26)24-16-18-10-7-13-28-18/h2-13H,14-16H2,1H3,(H,24,26). The molecule has 2 aromatic carbocycles. The number of hydrogen-bond donors (Lipinski definition) is 1. The number of nitrogens with one attached hydrogen (secondary N) is 1. The summed E-state index contributed by atoms with van der Waals surface area (Å²) >= 11 is 1.61. The Morgan fingerprint density at radius 1 is 1.04 bits per heavy atom. The summed E-state index contributed by atoms with van der Waals surface area (Å²) < 4.78 is 0. The summed E-state index contributed by atoms with van der Waals surface area (Å²) in [6.45, 7) is 0.490. The Bertz CT molecular complexity index is 985. The molecule has 4 rings (SSSR count). The number of rotatable bonds is 6. The van der Waals surface area contributed by atoms with Gasteiger partial charge in [-0.15, -0.1) is 11.3 Å². The highest BCUT2D eigenvalue weighted by atomic mass is 32.1. The van der Waals surface area contributed by atoms with Gasteiger partial charge >= 0.3 is 0 Å². The number of benzene rings is 2. The number of likely N-dealkylation sites (N-methyl/N-ethyl adjacent to an activating group) is 1. The van der Waals surface area contributed by atoms with Crippen LogP contribution < -0.4 is 10.2 Å². The minimum absolute atomic E-state index is 0.0242. The van der Waals surface area contributed by atoms with E-state index in [2.05, 4.69) is 5.32 Å². The molecule has 0 saturated heterocycles. The van der Waals surface area contributed by atoms with Crippen molar-refractivity contribution in [3.63, 3.8) is 0 Å². The van der Waals surface area contributed by atoms with E-state index in [0.29, 0.717) is 13.0 Å². The summed E-state index contributed by atoms with van der Waals surface area (Å²) in [6, 6.07) is 21.7. The molecule has 0 spiro atoms. The summed E-state index contributed by atoms with van der Waals surface area (Å²) in [5, 5.41) is 4.98. The lowest BCUT2D eigenvalue weighted by molar-refractivity contribution is -0.129. The van der Waals surface area contributed by atoms with Gasteiger partial charge in [-0.25, -0.2) is 0 Å². The zero-order valence-electron chi connectivity index (χ0n) is 15.7. The highest BCUT2D eigenvalue weighted by molar-refractivity contribution is 7.09. The maximum atomic E-state index is 13.4. The molecule has 0 saturated carbocycles. The molecule has 1 aromatic heterocycles. The molecule has 0 radical (unpaired) electrons. The van der Waals surface area contributed by atoms with E-state index in [1.54, 1.807) is 23.3 Å². The van der Waals surface area contributed by atoms with Crippen molar-refractivity contribution in [1.82, 2.24) is 5.32 Å². The van der Waals surface area contributed by atoms with E-state index in [9.17, 15) is 9.59 Å². The van der Waals surface area contributed by atoms with E-state index in [1.165, 1.54) is 0 Å². The number of amides is 2. The highest BCUT2D eigenvalue weighted by Gasteiger charge is 2.50. The van der Waals surface area contributed by atoms with Crippen molar-refractivity contribution in [1.29, 1.82) is 0 Å². The number of carbonyl (C=O) groups excluding carboxylic acids is 2. The summed E-state index contributed by atoms with van der Waals surface area (Å²) in [5.74, 6) is -0.133. The molecule has 0 aliphatic carbocycles. The van der Waals surface area contributed by atoms with Gasteiger partial charge < -0.3 is 10.2 Å². The van der Waals surface area contributed by atoms with Gasteiger partial charge in [0.05, 0.1) is 12.0 Å². The molecule has 5 heteroatoms. The average molecular weight is 391 g/mol. The number of carbonyl (C=O) groups is 2. The molecule has 2 heterocycles. The number of thiophene rings is 1. The van der Waals surface area contributed by atoms with Crippen molar-refractivity contribution in [2.24, 2.45) is 0 Å². The van der Waals surface area contributed by atoms with Crippen LogP contribution >= 0.6 is 11.3 Å². The molecular formula is C23H22N2O2S. The maximum Gasteiger partial charge on any atom is 0.238 e. The molecular weight excluding hydrogens is 368 g/mol. The van der Waals surface area contributed by atoms with E-state index in [-0.39, 0.29) is 18.2 Å². The van der Waals surface area contributed by atoms with Crippen molar-refractivity contribution in [2.45, 2.75) is 24.8 Å². The largest absolute Gasteiger partial charge is 0.351 e. The Morgan fingerprint density at radius 3 is 2.54 bits per heavy atom. The lowest BCUT2D eigenvalue weighted by atomic mass is 9.73. The van der Waals surface area contributed by atoms with Gasteiger partial charge in [0.2, 0.25) is 11.8 Å². The Balaban J connectivity index is 1.66. The van der Waals surface area contributed by atoms with E-state index < -0.39 is 5.41 Å². The predicted molar refractivity (Wildman–Crippen MR) is 112 cm³/mol. The van der Waals surface area contributed by atoms with Crippen LogP contribution in [0.3, 0.4) is 0 Å². The van der Waals surface area contributed by atoms with Crippen LogP contribution in [-0.4, -0.2) is 18.9 Å². The molecule has 4 nitrogen and oxygen atoms in total. The summed E-state index contributed by atoms with van der Waals surface area (Å²) in [7, 11) is 1.79. The number of para-hydroxylation sites is 1. The molecule has 1 atom stereocenters. The molecule has 1 N–H and O–H groups in total. The zero-order chi connectivity index (χ0) is 19.6. The fraction of sp³-hybridized carbons (Fsp3) is 0.217. The third kappa shape index (κ3) is 3.34. The summed E-state index contributed by atoms with van der Waals surface area (Å²) in [4.78, 5) is 29.1. The van der Waals surface area contributed by atoms with E-state index in [1.807, 2.05) is 72.1 Å². The van der Waals surface area contributed by atoms with Crippen LogP contribution in [0.4, 0.5) is 5.69 Å². The highest BCUT2D eigenvalue weighted by Crippen LogP contribution is 2.45. The van der Waals surface area contributed by atoms with Gasteiger partial charge in [0.25, 0.3) is 0 Å². The first-order valence-corrected chi connectivity index (χ1v) is 10.2. The van der Waals surface area contributed by atoms with Gasteiger partial charge in [0.15, 0.2) is 0 Å². The second-order valence-electron chi connectivity index (χ2n) is 7.16. The molecule has 0 bridgehead atoms. The SMILES string of the molecule is CN1C(=O)C(CC(=O)NCc2cccs2)(Cc2ccccc2)c2ccccc21. The topological polar surface area (TPSA) is 49.4 Å². The van der Waals surface area contributed by atoms with Crippen molar-refractivity contribution < 1.29 is 9.59 Å². The Hall–Kier alpha value is -2.92. The average Bonchev–Trinajstić information content (AvgIpc) is 3.31. The number of anilines is 1. The minimum atomic E-state index is -0.883. The van der Waals surface area contributed by atoms with Gasteiger partial charge in [-0.1, -0.05) is 54.6 Å². The van der Waals surface area contributed by atoms with Crippen LogP contribution in [-0.2, 0) is 28.0 Å². The molecule has 0 fully saturated rings. The van der Waals surface area contributed by atoms with Crippen molar-refractivity contribution in [2.75, 3.05) is 11.9 Å². The van der Waals surface area contributed by atoms with Crippen LogP contribution in [0.25, 0.3) is 0 Å². The first-order chi connectivity index (χ1) is 13.6. The second kappa shape index (κ2) is 7.60. The summed E-state index contributed by atoms with van der Waals surface area (Å²) in [6.07, 6.45) is 0.633. The van der Waals surface area contributed by atoms with Crippen LogP contribution in [0.5, 0.6) is 0 Å². The quantitative estimate of drug-likeness (QED) is 0.694. The van der Waals surface area contributed by atoms with Crippen LogP contribution in [0, 0.1) is 0 Å². The predicted octanol–water partition coefficient (Wildman–Crippen LogP) is 3.91. The molecule has 1 unspecified atom stereocenters.